The molecule has 0 atom stereocenters. The number of hydrogen-bond donors (Lipinski definition) is 0. The van der Waals surface area contributed by atoms with Gasteiger partial charge >= 0.3 is 0 Å². The van der Waals surface area contributed by atoms with Crippen LogP contribution in [-0.2, 0) is 0 Å². The molecule has 0 N–H and O–H groups in total. The topological polar surface area (TPSA) is 23.8 Å². The van der Waals surface area contributed by atoms with Crippen LogP contribution in [0.3, 0.4) is 0 Å². The Bertz CT molecular complexity index is 637. The molecule has 0 aromatic heterocycles. The Kier molecular flexibility index (Phi) is 4.58. The summed E-state index contributed by atoms with van der Waals surface area (Å²) < 4.78 is 0.879. The zero-order chi connectivity index (χ0) is 13.1. The average Bonchev–Trinajstić information content (AvgIpc) is 2.33. The van der Waals surface area contributed by atoms with Crippen molar-refractivity contribution in [3.8, 4) is 6.07 Å². The minimum Gasteiger partial charge on any atom is -0.192 e. The second kappa shape index (κ2) is 5.99. The fraction of sp³-hybridized carbons (Fsp3) is 0. The van der Waals surface area contributed by atoms with Gasteiger partial charge in [-0.1, -0.05) is 50.9 Å². The number of nitrogens with zero attached hydrogens (tertiary/aromatic N) is 1. The highest BCUT2D eigenvalue weighted by Gasteiger charge is 2.04. The second-order valence-electron chi connectivity index (χ2n) is 3.47. The molecule has 2 aromatic rings. The van der Waals surface area contributed by atoms with Gasteiger partial charge in [0.2, 0.25) is 0 Å². The van der Waals surface area contributed by atoms with Gasteiger partial charge in [-0.05, 0) is 36.4 Å². The van der Waals surface area contributed by atoms with Crippen LogP contribution in [0, 0.1) is 11.3 Å². The van der Waals surface area contributed by atoms with Crippen LogP contribution in [0.4, 0.5) is 0 Å². The quantitative estimate of drug-likeness (QED) is 0.679. The minimum atomic E-state index is 0.525. The number of nitriles is 1. The van der Waals surface area contributed by atoms with E-state index in [4.69, 9.17) is 28.5 Å². The maximum Gasteiger partial charge on any atom is 0.0992 e. The van der Waals surface area contributed by atoms with Gasteiger partial charge in [-0.15, -0.1) is 0 Å². The van der Waals surface area contributed by atoms with E-state index in [0.29, 0.717) is 15.6 Å². The summed E-state index contributed by atoms with van der Waals surface area (Å²) in [7, 11) is 0. The van der Waals surface area contributed by atoms with Crippen LogP contribution < -0.4 is 0 Å². The van der Waals surface area contributed by atoms with Crippen molar-refractivity contribution in [2.24, 2.45) is 0 Å². The molecular weight excluding hydrogens is 353 g/mol. The maximum absolute atomic E-state index is 8.91. The van der Waals surface area contributed by atoms with E-state index in [1.54, 1.807) is 12.1 Å². The first-order valence-corrected chi connectivity index (χ1v) is 7.28. The molecule has 0 aliphatic heterocycles. The Morgan fingerprint density at radius 3 is 2.44 bits per heavy atom. The third kappa shape index (κ3) is 3.43. The molecular formula is C13H6BrCl2NS. The van der Waals surface area contributed by atoms with E-state index >= 15 is 0 Å². The Morgan fingerprint density at radius 2 is 1.78 bits per heavy atom. The summed E-state index contributed by atoms with van der Waals surface area (Å²) in [5.74, 6) is 0. The van der Waals surface area contributed by atoms with Crippen LogP contribution in [0.15, 0.2) is 50.7 Å². The van der Waals surface area contributed by atoms with Crippen molar-refractivity contribution in [1.82, 2.24) is 0 Å². The summed E-state index contributed by atoms with van der Waals surface area (Å²) in [4.78, 5) is 1.95. The summed E-state index contributed by atoms with van der Waals surface area (Å²) >= 11 is 16.7. The Balaban J connectivity index is 2.31. The van der Waals surface area contributed by atoms with Crippen LogP contribution >= 0.6 is 50.9 Å². The smallest absolute Gasteiger partial charge is 0.0992 e. The molecule has 0 fully saturated rings. The van der Waals surface area contributed by atoms with E-state index in [2.05, 4.69) is 22.0 Å². The Labute approximate surface area is 128 Å². The number of halogens is 3. The molecule has 0 saturated carbocycles. The monoisotopic (exact) mass is 357 g/mol. The second-order valence-corrected chi connectivity index (χ2v) is 6.34. The van der Waals surface area contributed by atoms with Crippen molar-refractivity contribution in [2.75, 3.05) is 0 Å². The van der Waals surface area contributed by atoms with Crippen LogP contribution in [-0.4, -0.2) is 0 Å². The van der Waals surface area contributed by atoms with Crippen LogP contribution in [0.5, 0.6) is 0 Å². The van der Waals surface area contributed by atoms with Crippen molar-refractivity contribution in [3.05, 3.63) is 56.5 Å². The Hall–Kier alpha value is -0.660. The third-order valence-electron chi connectivity index (χ3n) is 2.13. The third-order valence-corrected chi connectivity index (χ3v) is 4.29. The van der Waals surface area contributed by atoms with E-state index in [1.807, 2.05) is 24.3 Å². The van der Waals surface area contributed by atoms with Gasteiger partial charge in [-0.25, -0.2) is 0 Å². The number of rotatable bonds is 2. The molecule has 1 nitrogen and oxygen atoms in total. The van der Waals surface area contributed by atoms with Gasteiger partial charge in [0.1, 0.15) is 0 Å². The molecule has 0 aliphatic rings. The first kappa shape index (κ1) is 13.8. The first-order chi connectivity index (χ1) is 8.58. The van der Waals surface area contributed by atoms with E-state index in [1.165, 1.54) is 11.8 Å². The lowest BCUT2D eigenvalue weighted by Crippen LogP contribution is -1.79. The summed E-state index contributed by atoms with van der Waals surface area (Å²) in [5.41, 5.74) is 0.618. The first-order valence-electron chi connectivity index (χ1n) is 4.92. The van der Waals surface area contributed by atoms with Gasteiger partial charge in [0, 0.05) is 14.3 Å². The number of hydrogen-bond acceptors (Lipinski definition) is 2. The molecule has 0 heterocycles. The van der Waals surface area contributed by atoms with Crippen molar-refractivity contribution in [2.45, 2.75) is 9.79 Å². The fourth-order valence-electron chi connectivity index (χ4n) is 1.36. The summed E-state index contributed by atoms with van der Waals surface area (Å²) in [5, 5.41) is 9.97. The SMILES string of the molecule is N#Cc1cc(Br)cc(Sc2ccc(Cl)c(Cl)c2)c1. The van der Waals surface area contributed by atoms with E-state index in [-0.39, 0.29) is 0 Å². The molecule has 2 rings (SSSR count). The molecule has 5 heteroatoms. The number of benzene rings is 2. The largest absolute Gasteiger partial charge is 0.192 e. The van der Waals surface area contributed by atoms with Crippen LogP contribution in [0.25, 0.3) is 0 Å². The normalized spacial score (nSPS) is 10.1. The van der Waals surface area contributed by atoms with Gasteiger partial charge in [0.05, 0.1) is 21.7 Å². The predicted molar refractivity (Wildman–Crippen MR) is 79.4 cm³/mol. The van der Waals surface area contributed by atoms with Crippen molar-refractivity contribution < 1.29 is 0 Å². The van der Waals surface area contributed by atoms with E-state index in [0.717, 1.165) is 14.3 Å². The summed E-state index contributed by atoms with van der Waals surface area (Å²) in [6.07, 6.45) is 0. The zero-order valence-electron chi connectivity index (χ0n) is 8.95. The van der Waals surface area contributed by atoms with Crippen molar-refractivity contribution >= 4 is 50.9 Å². The fourth-order valence-corrected chi connectivity index (χ4v) is 3.33. The Morgan fingerprint density at radius 1 is 1.00 bits per heavy atom. The summed E-state index contributed by atoms with van der Waals surface area (Å²) in [6, 6.07) is 13.1. The minimum absolute atomic E-state index is 0.525. The predicted octanol–water partition coefficient (Wildman–Crippen LogP) is 5.78. The zero-order valence-corrected chi connectivity index (χ0v) is 12.9. The highest BCUT2D eigenvalue weighted by molar-refractivity contribution is 9.10. The molecule has 0 bridgehead atoms. The lowest BCUT2D eigenvalue weighted by Gasteiger charge is -2.04. The summed E-state index contributed by atoms with van der Waals surface area (Å²) in [6.45, 7) is 0. The lowest BCUT2D eigenvalue weighted by atomic mass is 10.2. The van der Waals surface area contributed by atoms with Crippen molar-refractivity contribution in [1.29, 1.82) is 5.26 Å². The molecule has 0 saturated heterocycles. The molecule has 0 radical (unpaired) electrons. The molecule has 0 aliphatic carbocycles. The van der Waals surface area contributed by atoms with Gasteiger partial charge in [0.15, 0.2) is 0 Å². The highest BCUT2D eigenvalue weighted by atomic mass is 79.9. The average molecular weight is 359 g/mol. The van der Waals surface area contributed by atoms with Gasteiger partial charge in [-0.3, -0.25) is 0 Å². The highest BCUT2D eigenvalue weighted by Crippen LogP contribution is 2.34. The molecule has 0 amide bonds. The van der Waals surface area contributed by atoms with Gasteiger partial charge in [0.25, 0.3) is 0 Å². The standard InChI is InChI=1S/C13H6BrCl2NS/c14-9-3-8(7-17)4-11(5-9)18-10-1-2-12(15)13(16)6-10/h1-6H. The van der Waals surface area contributed by atoms with Crippen molar-refractivity contribution in [3.63, 3.8) is 0 Å². The van der Waals surface area contributed by atoms with Crippen LogP contribution in [0.1, 0.15) is 5.56 Å². The molecule has 0 spiro atoms. The van der Waals surface area contributed by atoms with E-state index in [9.17, 15) is 0 Å². The molecule has 90 valence electrons. The molecule has 2 aromatic carbocycles. The lowest BCUT2D eigenvalue weighted by molar-refractivity contribution is 1.36. The molecule has 18 heavy (non-hydrogen) atoms. The van der Waals surface area contributed by atoms with E-state index < -0.39 is 0 Å². The van der Waals surface area contributed by atoms with Crippen LogP contribution in [0.2, 0.25) is 10.0 Å². The van der Waals surface area contributed by atoms with Gasteiger partial charge in [-0.2, -0.15) is 5.26 Å². The molecule has 0 unspecified atom stereocenters. The maximum atomic E-state index is 8.91. The van der Waals surface area contributed by atoms with Gasteiger partial charge < -0.3 is 0 Å².